The molecule has 100 valence electrons. The highest BCUT2D eigenvalue weighted by atomic mass is 32.1. The predicted octanol–water partition coefficient (Wildman–Crippen LogP) is 2.35. The van der Waals surface area contributed by atoms with Gasteiger partial charge in [0.05, 0.1) is 11.3 Å². The quantitative estimate of drug-likeness (QED) is 0.630. The number of thiazole rings is 1. The molecule has 1 unspecified atom stereocenters. The first-order chi connectivity index (χ1) is 8.20. The van der Waals surface area contributed by atoms with Gasteiger partial charge in [-0.25, -0.2) is 4.98 Å². The number of rotatable bonds is 5. The van der Waals surface area contributed by atoms with Crippen LogP contribution in [-0.2, 0) is 4.79 Å². The molecule has 0 fully saturated rings. The Bertz CT molecular complexity index is 452. The lowest BCUT2D eigenvalue weighted by atomic mass is 9.85. The second-order valence-corrected chi connectivity index (χ2v) is 5.93. The van der Waals surface area contributed by atoms with Crippen molar-refractivity contribution in [2.75, 3.05) is 5.32 Å². The molecule has 0 aromatic carbocycles. The molecule has 18 heavy (non-hydrogen) atoms. The third-order valence-corrected chi connectivity index (χ3v) is 3.28. The van der Waals surface area contributed by atoms with Crippen LogP contribution in [0.15, 0.2) is 6.20 Å². The van der Waals surface area contributed by atoms with Crippen LogP contribution in [0.4, 0.5) is 10.1 Å². The summed E-state index contributed by atoms with van der Waals surface area (Å²) >= 11 is 0.898. The van der Waals surface area contributed by atoms with E-state index in [4.69, 9.17) is 5.11 Å². The normalized spacial score (nSPS) is 13.1. The number of hydrogen-bond acceptors (Lipinski definition) is 6. The zero-order chi connectivity index (χ0) is 13.9. The maximum Gasteiger partial charge on any atom is 0.345 e. The molecule has 0 amide bonds. The van der Waals surface area contributed by atoms with Gasteiger partial charge < -0.3 is 10.4 Å². The summed E-state index contributed by atoms with van der Waals surface area (Å²) in [6, 6.07) is -0.347. The second kappa shape index (κ2) is 5.30. The standard InChI is InChI=1S/C10H15N3O4S/c1-10(2,3)6(4-8(14)15)12-9-11-5-7(18-9)13(16)17/h5-6H,4H2,1-3H3,(H,11,12)(H,14,15). The summed E-state index contributed by atoms with van der Waals surface area (Å²) in [5, 5.41) is 22.6. The Hall–Kier alpha value is -1.70. The number of hydrogen-bond donors (Lipinski definition) is 2. The average molecular weight is 273 g/mol. The molecule has 0 saturated carbocycles. The highest BCUT2D eigenvalue weighted by molar-refractivity contribution is 7.18. The fraction of sp³-hybridized carbons (Fsp3) is 0.600. The van der Waals surface area contributed by atoms with E-state index in [1.807, 2.05) is 20.8 Å². The maximum atomic E-state index is 10.8. The van der Waals surface area contributed by atoms with Gasteiger partial charge in [-0.15, -0.1) is 0 Å². The zero-order valence-corrected chi connectivity index (χ0v) is 11.2. The van der Waals surface area contributed by atoms with Crippen molar-refractivity contribution < 1.29 is 14.8 Å². The summed E-state index contributed by atoms with van der Waals surface area (Å²) in [6.45, 7) is 5.70. The molecule has 1 aromatic heterocycles. The van der Waals surface area contributed by atoms with Crippen LogP contribution in [-0.4, -0.2) is 27.0 Å². The van der Waals surface area contributed by atoms with Crippen LogP contribution in [0.5, 0.6) is 0 Å². The molecule has 0 aliphatic rings. The van der Waals surface area contributed by atoms with Gasteiger partial charge in [0, 0.05) is 6.04 Å². The largest absolute Gasteiger partial charge is 0.481 e. The third kappa shape index (κ3) is 3.95. The minimum atomic E-state index is -0.923. The van der Waals surface area contributed by atoms with E-state index in [9.17, 15) is 14.9 Å². The molecular weight excluding hydrogens is 258 g/mol. The van der Waals surface area contributed by atoms with E-state index < -0.39 is 10.9 Å². The molecule has 0 radical (unpaired) electrons. The fourth-order valence-corrected chi connectivity index (χ4v) is 2.00. The first-order valence-electron chi connectivity index (χ1n) is 5.28. The van der Waals surface area contributed by atoms with Crippen LogP contribution < -0.4 is 5.32 Å². The van der Waals surface area contributed by atoms with Gasteiger partial charge in [0.1, 0.15) is 6.20 Å². The van der Waals surface area contributed by atoms with E-state index in [-0.39, 0.29) is 22.9 Å². The van der Waals surface area contributed by atoms with Crippen molar-refractivity contribution in [1.29, 1.82) is 0 Å². The van der Waals surface area contributed by atoms with Gasteiger partial charge in [0.25, 0.3) is 0 Å². The smallest absolute Gasteiger partial charge is 0.345 e. The van der Waals surface area contributed by atoms with Crippen molar-refractivity contribution in [2.24, 2.45) is 5.41 Å². The van der Waals surface area contributed by atoms with Crippen LogP contribution in [0.1, 0.15) is 27.2 Å². The molecule has 7 nitrogen and oxygen atoms in total. The van der Waals surface area contributed by atoms with Crippen LogP contribution in [0, 0.1) is 15.5 Å². The number of carbonyl (C=O) groups is 1. The van der Waals surface area contributed by atoms with Crippen LogP contribution in [0.2, 0.25) is 0 Å². The minimum Gasteiger partial charge on any atom is -0.481 e. The molecule has 1 rings (SSSR count). The van der Waals surface area contributed by atoms with Crippen molar-refractivity contribution in [3.8, 4) is 0 Å². The Balaban J connectivity index is 2.82. The SMILES string of the molecule is CC(C)(C)C(CC(=O)O)Nc1ncc([N+](=O)[O-])s1. The van der Waals surface area contributed by atoms with Gasteiger partial charge in [0.2, 0.25) is 0 Å². The Kier molecular flexibility index (Phi) is 4.23. The number of aromatic nitrogens is 1. The lowest BCUT2D eigenvalue weighted by molar-refractivity contribution is -0.380. The minimum absolute atomic E-state index is 0.0690. The van der Waals surface area contributed by atoms with E-state index in [2.05, 4.69) is 10.3 Å². The number of carboxylic acids is 1. The molecule has 0 aliphatic heterocycles. The van der Waals surface area contributed by atoms with Crippen molar-refractivity contribution in [1.82, 2.24) is 4.98 Å². The Morgan fingerprint density at radius 2 is 2.28 bits per heavy atom. The molecule has 0 aliphatic carbocycles. The fourth-order valence-electron chi connectivity index (χ4n) is 1.31. The summed E-state index contributed by atoms with van der Waals surface area (Å²) in [7, 11) is 0. The van der Waals surface area contributed by atoms with Crippen LogP contribution >= 0.6 is 11.3 Å². The number of nitro groups is 1. The lowest BCUT2D eigenvalue weighted by Gasteiger charge is -2.30. The lowest BCUT2D eigenvalue weighted by Crippen LogP contribution is -2.36. The number of nitrogens with zero attached hydrogens (tertiary/aromatic N) is 2. The predicted molar refractivity (Wildman–Crippen MR) is 67.9 cm³/mol. The van der Waals surface area contributed by atoms with Crippen LogP contribution in [0.3, 0.4) is 0 Å². The van der Waals surface area contributed by atoms with E-state index in [1.54, 1.807) is 0 Å². The van der Waals surface area contributed by atoms with E-state index >= 15 is 0 Å². The first-order valence-corrected chi connectivity index (χ1v) is 6.10. The average Bonchev–Trinajstić information content (AvgIpc) is 2.63. The van der Waals surface area contributed by atoms with Gasteiger partial charge in [-0.2, -0.15) is 0 Å². The van der Waals surface area contributed by atoms with E-state index in [1.165, 1.54) is 0 Å². The van der Waals surface area contributed by atoms with Gasteiger partial charge in [-0.1, -0.05) is 20.8 Å². The Morgan fingerprint density at radius 3 is 2.67 bits per heavy atom. The molecule has 2 N–H and O–H groups in total. The molecule has 0 bridgehead atoms. The molecule has 1 aromatic rings. The van der Waals surface area contributed by atoms with Crippen molar-refractivity contribution in [3.05, 3.63) is 16.3 Å². The summed E-state index contributed by atoms with van der Waals surface area (Å²) < 4.78 is 0. The number of aliphatic carboxylic acids is 1. The van der Waals surface area contributed by atoms with E-state index in [0.717, 1.165) is 17.5 Å². The molecular formula is C10H15N3O4S. The topological polar surface area (TPSA) is 105 Å². The molecule has 1 heterocycles. The van der Waals surface area contributed by atoms with Crippen molar-refractivity contribution in [3.63, 3.8) is 0 Å². The summed E-state index contributed by atoms with van der Waals surface area (Å²) in [5.74, 6) is -0.923. The van der Waals surface area contributed by atoms with Gasteiger partial charge >= 0.3 is 11.0 Å². The molecule has 0 spiro atoms. The van der Waals surface area contributed by atoms with Crippen molar-refractivity contribution in [2.45, 2.75) is 33.2 Å². The monoisotopic (exact) mass is 273 g/mol. The number of carboxylic acid groups (broad SMARTS) is 1. The zero-order valence-electron chi connectivity index (χ0n) is 10.3. The highest BCUT2D eigenvalue weighted by Gasteiger charge is 2.28. The molecule has 0 saturated heterocycles. The maximum absolute atomic E-state index is 10.8. The van der Waals surface area contributed by atoms with Gasteiger partial charge in [-0.3, -0.25) is 14.9 Å². The highest BCUT2D eigenvalue weighted by Crippen LogP contribution is 2.30. The van der Waals surface area contributed by atoms with E-state index in [0.29, 0.717) is 5.13 Å². The third-order valence-electron chi connectivity index (χ3n) is 2.40. The Labute approximate surface area is 108 Å². The number of nitrogens with one attached hydrogen (secondary N) is 1. The number of anilines is 1. The summed E-state index contributed by atoms with van der Waals surface area (Å²) in [5.41, 5.74) is -0.293. The summed E-state index contributed by atoms with van der Waals surface area (Å²) in [6.07, 6.45) is 1.09. The van der Waals surface area contributed by atoms with Crippen LogP contribution in [0.25, 0.3) is 0 Å². The first kappa shape index (κ1) is 14.4. The molecule has 8 heteroatoms. The summed E-state index contributed by atoms with van der Waals surface area (Å²) in [4.78, 5) is 24.7. The molecule has 1 atom stereocenters. The van der Waals surface area contributed by atoms with Gasteiger partial charge in [0.15, 0.2) is 5.13 Å². The second-order valence-electron chi connectivity index (χ2n) is 4.92. The van der Waals surface area contributed by atoms with Crippen molar-refractivity contribution >= 4 is 27.4 Å². The van der Waals surface area contributed by atoms with Gasteiger partial charge in [-0.05, 0) is 16.8 Å². The Morgan fingerprint density at radius 1 is 1.67 bits per heavy atom.